The van der Waals surface area contributed by atoms with E-state index in [1.807, 2.05) is 43.3 Å². The molecule has 0 unspecified atom stereocenters. The van der Waals surface area contributed by atoms with Crippen LogP contribution in [0.25, 0.3) is 0 Å². The van der Waals surface area contributed by atoms with Gasteiger partial charge in [0.25, 0.3) is 5.91 Å². The van der Waals surface area contributed by atoms with Gasteiger partial charge in [0.1, 0.15) is 0 Å². The summed E-state index contributed by atoms with van der Waals surface area (Å²) in [6, 6.07) is 10.7. The molecule has 0 atom stereocenters. The Morgan fingerprint density at radius 3 is 2.29 bits per heavy atom. The number of hydrogen-bond acceptors (Lipinski definition) is 2. The third-order valence-electron chi connectivity index (χ3n) is 3.45. The number of benzene rings is 2. The second kappa shape index (κ2) is 7.13. The average Bonchev–Trinajstić information content (AvgIpc) is 2.52. The van der Waals surface area contributed by atoms with Crippen molar-refractivity contribution in [3.8, 4) is 0 Å². The summed E-state index contributed by atoms with van der Waals surface area (Å²) in [5, 5.41) is 1.99. The van der Waals surface area contributed by atoms with E-state index >= 15 is 0 Å². The molecule has 0 heterocycles. The topological polar surface area (TPSA) is 32.3 Å². The highest BCUT2D eigenvalue weighted by atomic mass is 35.5. The molecule has 0 aliphatic heterocycles. The Morgan fingerprint density at radius 2 is 1.75 bits per heavy atom. The molecular weight excluding hydrogens is 341 g/mol. The molecule has 24 heavy (non-hydrogen) atoms. The van der Waals surface area contributed by atoms with E-state index in [-0.39, 0.29) is 12.1 Å². The lowest BCUT2D eigenvalue weighted by atomic mass is 10.1. The molecule has 2 rings (SSSR count). The first-order valence-electron chi connectivity index (χ1n) is 7.10. The summed E-state index contributed by atoms with van der Waals surface area (Å²) in [5.74, 6) is -0.650. The summed E-state index contributed by atoms with van der Waals surface area (Å²) in [6.45, 7) is 0.194. The van der Waals surface area contributed by atoms with Crippen molar-refractivity contribution in [2.45, 2.75) is 12.7 Å². The zero-order chi connectivity index (χ0) is 17.9. The second-order valence-corrected chi connectivity index (χ2v) is 5.79. The van der Waals surface area contributed by atoms with Gasteiger partial charge in [-0.05, 0) is 29.8 Å². The molecule has 128 valence electrons. The predicted octanol–water partition coefficient (Wildman–Crippen LogP) is 4.35. The first-order chi connectivity index (χ1) is 11.2. The van der Waals surface area contributed by atoms with Crippen molar-refractivity contribution >= 4 is 23.2 Å². The van der Waals surface area contributed by atoms with Crippen LogP contribution >= 0.6 is 11.6 Å². The molecule has 0 bridgehead atoms. The molecule has 0 aliphatic carbocycles. The number of nitrogens with one attached hydrogen (secondary N) is 1. The molecule has 1 amide bonds. The van der Waals surface area contributed by atoms with Crippen LogP contribution in [0.1, 0.15) is 21.5 Å². The van der Waals surface area contributed by atoms with Gasteiger partial charge in [-0.1, -0.05) is 29.8 Å². The Kier molecular flexibility index (Phi) is 5.39. The summed E-state index contributed by atoms with van der Waals surface area (Å²) in [6.07, 6.45) is -4.60. The van der Waals surface area contributed by atoms with Crippen molar-refractivity contribution in [1.29, 1.82) is 0 Å². The van der Waals surface area contributed by atoms with Crippen molar-refractivity contribution < 1.29 is 18.0 Å². The number of carbonyl (C=O) groups is 1. The van der Waals surface area contributed by atoms with Gasteiger partial charge in [0, 0.05) is 26.3 Å². The fourth-order valence-corrected chi connectivity index (χ4v) is 2.43. The Bertz CT molecular complexity index is 728. The van der Waals surface area contributed by atoms with E-state index in [2.05, 4.69) is 5.32 Å². The molecule has 3 nitrogen and oxygen atoms in total. The average molecular weight is 357 g/mol. The largest absolute Gasteiger partial charge is 0.417 e. The van der Waals surface area contributed by atoms with Crippen molar-refractivity contribution in [3.63, 3.8) is 0 Å². The summed E-state index contributed by atoms with van der Waals surface area (Å²) in [5.41, 5.74) is 0.617. The maximum Gasteiger partial charge on any atom is 0.417 e. The highest BCUT2D eigenvalue weighted by molar-refractivity contribution is 6.34. The van der Waals surface area contributed by atoms with E-state index in [4.69, 9.17) is 11.6 Å². The Labute approximate surface area is 143 Å². The minimum atomic E-state index is -4.60. The van der Waals surface area contributed by atoms with Crippen LogP contribution < -0.4 is 10.2 Å². The number of anilines is 1. The van der Waals surface area contributed by atoms with Crippen molar-refractivity contribution in [2.75, 3.05) is 19.0 Å². The number of amides is 1. The minimum Gasteiger partial charge on any atom is -0.378 e. The van der Waals surface area contributed by atoms with Gasteiger partial charge >= 0.3 is 6.18 Å². The molecule has 7 heteroatoms. The zero-order valence-corrected chi connectivity index (χ0v) is 13.9. The normalized spacial score (nSPS) is 11.2. The van der Waals surface area contributed by atoms with Crippen LogP contribution in [-0.2, 0) is 12.7 Å². The van der Waals surface area contributed by atoms with E-state index in [1.165, 1.54) is 6.07 Å². The van der Waals surface area contributed by atoms with E-state index in [0.29, 0.717) is 0 Å². The Balaban J connectivity index is 2.10. The molecule has 0 aromatic heterocycles. The summed E-state index contributed by atoms with van der Waals surface area (Å²) in [7, 11) is 3.82. The molecule has 0 aliphatic rings. The third-order valence-corrected chi connectivity index (χ3v) is 3.86. The van der Waals surface area contributed by atoms with Crippen molar-refractivity contribution in [2.24, 2.45) is 0 Å². The Morgan fingerprint density at radius 1 is 1.12 bits per heavy atom. The van der Waals surface area contributed by atoms with Gasteiger partial charge in [-0.3, -0.25) is 4.79 Å². The van der Waals surface area contributed by atoms with Crippen LogP contribution in [0.2, 0.25) is 5.02 Å². The van der Waals surface area contributed by atoms with E-state index in [9.17, 15) is 18.0 Å². The minimum absolute atomic E-state index is 0.194. The first kappa shape index (κ1) is 18.1. The fraction of sp³-hybridized carbons (Fsp3) is 0.235. The maximum absolute atomic E-state index is 12.8. The van der Waals surface area contributed by atoms with Crippen molar-refractivity contribution in [1.82, 2.24) is 5.32 Å². The number of halogens is 4. The number of hydrogen-bond donors (Lipinski definition) is 1. The van der Waals surface area contributed by atoms with Crippen LogP contribution in [0.4, 0.5) is 18.9 Å². The fourth-order valence-electron chi connectivity index (χ4n) is 2.12. The lowest BCUT2D eigenvalue weighted by molar-refractivity contribution is -0.137. The summed E-state index contributed by atoms with van der Waals surface area (Å²) >= 11 is 5.74. The molecule has 0 saturated carbocycles. The van der Waals surface area contributed by atoms with Gasteiger partial charge in [-0.25, -0.2) is 0 Å². The molecule has 2 aromatic carbocycles. The lowest BCUT2D eigenvalue weighted by Gasteiger charge is -2.14. The lowest BCUT2D eigenvalue weighted by Crippen LogP contribution is -2.24. The second-order valence-electron chi connectivity index (χ2n) is 5.41. The van der Waals surface area contributed by atoms with Crippen LogP contribution in [0.5, 0.6) is 0 Å². The SMILES string of the molecule is CN(C)c1ccc(CNC(=O)c2cccc(C(F)(F)F)c2Cl)cc1. The molecular formula is C17H16ClF3N2O. The van der Waals surface area contributed by atoms with Crippen LogP contribution in [-0.4, -0.2) is 20.0 Å². The van der Waals surface area contributed by atoms with Crippen LogP contribution in [0.15, 0.2) is 42.5 Å². The molecule has 0 radical (unpaired) electrons. The summed E-state index contributed by atoms with van der Waals surface area (Å²) < 4.78 is 38.5. The highest BCUT2D eigenvalue weighted by Gasteiger charge is 2.34. The van der Waals surface area contributed by atoms with E-state index in [1.54, 1.807) is 0 Å². The number of nitrogens with zero attached hydrogens (tertiary/aromatic N) is 1. The van der Waals surface area contributed by atoms with Crippen LogP contribution in [0.3, 0.4) is 0 Å². The number of carbonyl (C=O) groups excluding carboxylic acids is 1. The molecule has 0 saturated heterocycles. The first-order valence-corrected chi connectivity index (χ1v) is 7.48. The van der Waals surface area contributed by atoms with Gasteiger partial charge in [0.15, 0.2) is 0 Å². The Hall–Kier alpha value is -2.21. The summed E-state index contributed by atoms with van der Waals surface area (Å²) in [4.78, 5) is 14.1. The van der Waals surface area contributed by atoms with Gasteiger partial charge in [0.05, 0.1) is 16.1 Å². The molecule has 0 spiro atoms. The third kappa shape index (κ3) is 4.20. The van der Waals surface area contributed by atoms with Gasteiger partial charge < -0.3 is 10.2 Å². The molecule has 1 N–H and O–H groups in total. The standard InChI is InChI=1S/C17H16ClF3N2O/c1-23(2)12-8-6-11(7-9-12)10-22-16(24)13-4-3-5-14(15(13)18)17(19,20)21/h3-9H,10H2,1-2H3,(H,22,24). The zero-order valence-electron chi connectivity index (χ0n) is 13.1. The molecule has 2 aromatic rings. The quantitative estimate of drug-likeness (QED) is 0.883. The van der Waals surface area contributed by atoms with Crippen LogP contribution in [0, 0.1) is 0 Å². The van der Waals surface area contributed by atoms with Crippen molar-refractivity contribution in [3.05, 3.63) is 64.2 Å². The van der Waals surface area contributed by atoms with Gasteiger partial charge in [-0.15, -0.1) is 0 Å². The predicted molar refractivity (Wildman–Crippen MR) is 88.4 cm³/mol. The monoisotopic (exact) mass is 356 g/mol. The van der Waals surface area contributed by atoms with E-state index < -0.39 is 22.7 Å². The highest BCUT2D eigenvalue weighted by Crippen LogP contribution is 2.36. The maximum atomic E-state index is 12.8. The van der Waals surface area contributed by atoms with Gasteiger partial charge in [-0.2, -0.15) is 13.2 Å². The van der Waals surface area contributed by atoms with Gasteiger partial charge in [0.2, 0.25) is 0 Å². The molecule has 0 fully saturated rings. The van der Waals surface area contributed by atoms with E-state index in [0.717, 1.165) is 23.4 Å². The smallest absolute Gasteiger partial charge is 0.378 e. The number of rotatable bonds is 4. The number of alkyl halides is 3.